The van der Waals surface area contributed by atoms with Gasteiger partial charge in [0, 0.05) is 6.04 Å². The van der Waals surface area contributed by atoms with Gasteiger partial charge in [-0.05, 0) is 46.0 Å². The van der Waals surface area contributed by atoms with E-state index in [2.05, 4.69) is 15.9 Å². The van der Waals surface area contributed by atoms with Gasteiger partial charge in [0.15, 0.2) is 0 Å². The molecule has 0 aliphatic heterocycles. The normalized spacial score (nSPS) is 21.1. The van der Waals surface area contributed by atoms with E-state index in [4.69, 9.17) is 5.73 Å². The van der Waals surface area contributed by atoms with Crippen molar-refractivity contribution < 1.29 is 4.39 Å². The van der Waals surface area contributed by atoms with E-state index in [-0.39, 0.29) is 11.9 Å². The third kappa shape index (κ3) is 1.17. The molecule has 0 spiro atoms. The summed E-state index contributed by atoms with van der Waals surface area (Å²) in [7, 11) is 0. The summed E-state index contributed by atoms with van der Waals surface area (Å²) in [6, 6.07) is 3.47. The highest BCUT2D eigenvalue weighted by molar-refractivity contribution is 9.10. The van der Waals surface area contributed by atoms with Gasteiger partial charge in [-0.2, -0.15) is 0 Å². The zero-order valence-corrected chi connectivity index (χ0v) is 8.07. The molecule has 0 fully saturated rings. The van der Waals surface area contributed by atoms with E-state index in [0.717, 1.165) is 18.4 Å². The van der Waals surface area contributed by atoms with E-state index < -0.39 is 0 Å². The summed E-state index contributed by atoms with van der Waals surface area (Å²) in [5.41, 5.74) is 7.98. The topological polar surface area (TPSA) is 26.0 Å². The standard InChI is InChI=1S/C9H9BrFN/c10-9-7-4-6(12)3-5(7)1-2-8(9)11/h1-2,6H,3-4,12H2. The Morgan fingerprint density at radius 3 is 2.92 bits per heavy atom. The highest BCUT2D eigenvalue weighted by Crippen LogP contribution is 2.30. The lowest BCUT2D eigenvalue weighted by Gasteiger charge is -2.01. The number of fused-ring (bicyclic) bond motifs is 1. The molecule has 0 heterocycles. The summed E-state index contributed by atoms with van der Waals surface area (Å²) in [6.45, 7) is 0. The fourth-order valence-corrected chi connectivity index (χ4v) is 2.21. The molecule has 1 atom stereocenters. The number of hydrogen-bond acceptors (Lipinski definition) is 1. The molecule has 0 radical (unpaired) electrons. The van der Waals surface area contributed by atoms with Crippen LogP contribution in [0.1, 0.15) is 11.1 Å². The van der Waals surface area contributed by atoms with Crippen LogP contribution in [0, 0.1) is 5.82 Å². The minimum absolute atomic E-state index is 0.165. The Balaban J connectivity index is 2.54. The molecule has 1 aromatic carbocycles. The summed E-state index contributed by atoms with van der Waals surface area (Å²) in [5, 5.41) is 0. The van der Waals surface area contributed by atoms with Crippen molar-refractivity contribution in [2.24, 2.45) is 5.73 Å². The maximum Gasteiger partial charge on any atom is 0.137 e. The molecular formula is C9H9BrFN. The molecule has 2 rings (SSSR count). The molecule has 1 unspecified atom stereocenters. The van der Waals surface area contributed by atoms with Crippen LogP contribution in [-0.4, -0.2) is 6.04 Å². The number of halogens is 2. The first-order chi connectivity index (χ1) is 5.68. The molecule has 1 nitrogen and oxygen atoms in total. The molecule has 0 saturated carbocycles. The molecule has 1 aromatic rings. The zero-order valence-electron chi connectivity index (χ0n) is 6.48. The first-order valence-corrected chi connectivity index (χ1v) is 4.69. The van der Waals surface area contributed by atoms with Crippen molar-refractivity contribution in [1.82, 2.24) is 0 Å². The summed E-state index contributed by atoms with van der Waals surface area (Å²) in [5.74, 6) is -0.192. The quantitative estimate of drug-likeness (QED) is 0.724. The molecule has 64 valence electrons. The summed E-state index contributed by atoms with van der Waals surface area (Å²) < 4.78 is 13.6. The first-order valence-electron chi connectivity index (χ1n) is 3.90. The number of rotatable bonds is 0. The minimum atomic E-state index is -0.192. The van der Waals surface area contributed by atoms with E-state index in [1.54, 1.807) is 0 Å². The van der Waals surface area contributed by atoms with Crippen molar-refractivity contribution in [2.45, 2.75) is 18.9 Å². The highest BCUT2D eigenvalue weighted by atomic mass is 79.9. The third-order valence-electron chi connectivity index (χ3n) is 2.24. The lowest BCUT2D eigenvalue weighted by Crippen LogP contribution is -2.19. The van der Waals surface area contributed by atoms with Crippen LogP contribution in [0.5, 0.6) is 0 Å². The molecule has 1 aliphatic carbocycles. The molecule has 1 aliphatic rings. The van der Waals surface area contributed by atoms with Gasteiger partial charge >= 0.3 is 0 Å². The largest absolute Gasteiger partial charge is 0.327 e. The number of benzene rings is 1. The maximum atomic E-state index is 13.0. The average molecular weight is 230 g/mol. The van der Waals surface area contributed by atoms with E-state index in [9.17, 15) is 4.39 Å². The molecule has 0 amide bonds. The Bertz CT molecular complexity index is 325. The van der Waals surface area contributed by atoms with Gasteiger partial charge in [0.1, 0.15) is 5.82 Å². The van der Waals surface area contributed by atoms with Crippen LogP contribution < -0.4 is 5.73 Å². The van der Waals surface area contributed by atoms with Crippen LogP contribution in [-0.2, 0) is 12.8 Å². The van der Waals surface area contributed by atoms with E-state index in [0.29, 0.717) is 4.47 Å². The third-order valence-corrected chi connectivity index (χ3v) is 3.10. The second kappa shape index (κ2) is 2.82. The van der Waals surface area contributed by atoms with Crippen molar-refractivity contribution in [2.75, 3.05) is 0 Å². The Morgan fingerprint density at radius 2 is 2.17 bits per heavy atom. The van der Waals surface area contributed by atoms with E-state index >= 15 is 0 Å². The predicted molar refractivity (Wildman–Crippen MR) is 49.5 cm³/mol. The van der Waals surface area contributed by atoms with Gasteiger partial charge in [-0.25, -0.2) is 4.39 Å². The van der Waals surface area contributed by atoms with Crippen molar-refractivity contribution in [3.63, 3.8) is 0 Å². The second-order valence-electron chi connectivity index (χ2n) is 3.17. The molecular weight excluding hydrogens is 221 g/mol. The van der Waals surface area contributed by atoms with Crippen LogP contribution in [0.4, 0.5) is 4.39 Å². The van der Waals surface area contributed by atoms with Crippen LogP contribution in [0.2, 0.25) is 0 Å². The van der Waals surface area contributed by atoms with Crippen molar-refractivity contribution in [3.8, 4) is 0 Å². The van der Waals surface area contributed by atoms with Crippen molar-refractivity contribution >= 4 is 15.9 Å². The first kappa shape index (κ1) is 8.20. The van der Waals surface area contributed by atoms with Gasteiger partial charge < -0.3 is 5.73 Å². The van der Waals surface area contributed by atoms with Gasteiger partial charge in [-0.15, -0.1) is 0 Å². The van der Waals surface area contributed by atoms with Crippen LogP contribution in [0.15, 0.2) is 16.6 Å². The molecule has 0 aromatic heterocycles. The van der Waals surface area contributed by atoms with E-state index in [1.165, 1.54) is 11.6 Å². The van der Waals surface area contributed by atoms with Gasteiger partial charge in [0.2, 0.25) is 0 Å². The van der Waals surface area contributed by atoms with Crippen LogP contribution in [0.3, 0.4) is 0 Å². The second-order valence-corrected chi connectivity index (χ2v) is 3.96. The van der Waals surface area contributed by atoms with Crippen molar-refractivity contribution in [3.05, 3.63) is 33.5 Å². The Labute approximate surface area is 78.9 Å². The highest BCUT2D eigenvalue weighted by Gasteiger charge is 2.21. The average Bonchev–Trinajstić information content (AvgIpc) is 2.39. The Kier molecular flexibility index (Phi) is 1.93. The number of nitrogens with two attached hydrogens (primary N) is 1. The molecule has 2 N–H and O–H groups in total. The molecule has 0 saturated heterocycles. The fourth-order valence-electron chi connectivity index (χ4n) is 1.66. The summed E-state index contributed by atoms with van der Waals surface area (Å²) in [6.07, 6.45) is 1.65. The molecule has 0 bridgehead atoms. The zero-order chi connectivity index (χ0) is 8.72. The lowest BCUT2D eigenvalue weighted by atomic mass is 10.1. The van der Waals surface area contributed by atoms with Gasteiger partial charge in [-0.1, -0.05) is 6.07 Å². The van der Waals surface area contributed by atoms with E-state index in [1.807, 2.05) is 6.07 Å². The maximum absolute atomic E-state index is 13.0. The summed E-state index contributed by atoms with van der Waals surface area (Å²) >= 11 is 3.23. The summed E-state index contributed by atoms with van der Waals surface area (Å²) in [4.78, 5) is 0. The lowest BCUT2D eigenvalue weighted by molar-refractivity contribution is 0.618. The fraction of sp³-hybridized carbons (Fsp3) is 0.333. The molecule has 12 heavy (non-hydrogen) atoms. The SMILES string of the molecule is NC1Cc2ccc(F)c(Br)c2C1. The van der Waals surface area contributed by atoms with Gasteiger partial charge in [-0.3, -0.25) is 0 Å². The Hall–Kier alpha value is -0.410. The predicted octanol–water partition coefficient (Wildman–Crippen LogP) is 2.01. The van der Waals surface area contributed by atoms with Gasteiger partial charge in [0.25, 0.3) is 0 Å². The monoisotopic (exact) mass is 229 g/mol. The molecule has 3 heteroatoms. The number of hydrogen-bond donors (Lipinski definition) is 1. The minimum Gasteiger partial charge on any atom is -0.327 e. The van der Waals surface area contributed by atoms with Crippen LogP contribution in [0.25, 0.3) is 0 Å². The van der Waals surface area contributed by atoms with Crippen LogP contribution >= 0.6 is 15.9 Å². The van der Waals surface area contributed by atoms with Crippen molar-refractivity contribution in [1.29, 1.82) is 0 Å². The smallest absolute Gasteiger partial charge is 0.137 e. The van der Waals surface area contributed by atoms with Gasteiger partial charge in [0.05, 0.1) is 4.47 Å². The Morgan fingerprint density at radius 1 is 1.42 bits per heavy atom.